The summed E-state index contributed by atoms with van der Waals surface area (Å²) in [6, 6.07) is 73.4. The Labute approximate surface area is 340 Å². The Morgan fingerprint density at radius 3 is 1.76 bits per heavy atom. The van der Waals surface area contributed by atoms with Gasteiger partial charge in [0.15, 0.2) is 5.82 Å². The van der Waals surface area contributed by atoms with E-state index in [1.807, 2.05) is 30.3 Å². The van der Waals surface area contributed by atoms with Crippen molar-refractivity contribution in [2.45, 2.75) is 0 Å². The van der Waals surface area contributed by atoms with E-state index in [0.29, 0.717) is 5.82 Å². The maximum absolute atomic E-state index is 6.39. The zero-order valence-corrected chi connectivity index (χ0v) is 31.9. The summed E-state index contributed by atoms with van der Waals surface area (Å²) in [5.74, 6) is 0.689. The van der Waals surface area contributed by atoms with E-state index in [1.54, 1.807) is 0 Å². The number of benzene rings is 10. The van der Waals surface area contributed by atoms with Gasteiger partial charge < -0.3 is 4.42 Å². The van der Waals surface area contributed by atoms with Crippen LogP contribution in [0.4, 0.5) is 0 Å². The fraction of sp³-hybridized carbons (Fsp3) is 0. The van der Waals surface area contributed by atoms with Crippen LogP contribution in [0.2, 0.25) is 0 Å². The molecule has 0 saturated heterocycles. The monoisotopic (exact) mass is 750 g/mol. The predicted molar refractivity (Wildman–Crippen MR) is 247 cm³/mol. The van der Waals surface area contributed by atoms with Crippen LogP contribution in [0.3, 0.4) is 0 Å². The molecule has 0 bridgehead atoms. The van der Waals surface area contributed by atoms with Gasteiger partial charge in [-0.05, 0) is 78.0 Å². The molecule has 2 heterocycles. The number of aromatic nitrogens is 2. The predicted octanol–water partition coefficient (Wildman–Crippen LogP) is 15.3. The van der Waals surface area contributed by atoms with E-state index in [2.05, 4.69) is 176 Å². The number of furan rings is 1. The van der Waals surface area contributed by atoms with Gasteiger partial charge in [-0.2, -0.15) is 0 Å². The van der Waals surface area contributed by atoms with Crippen molar-refractivity contribution < 1.29 is 4.42 Å². The summed E-state index contributed by atoms with van der Waals surface area (Å²) < 4.78 is 6.39. The van der Waals surface area contributed by atoms with E-state index < -0.39 is 0 Å². The Hall–Kier alpha value is -7.88. The van der Waals surface area contributed by atoms with Crippen molar-refractivity contribution in [3.8, 4) is 56.2 Å². The Morgan fingerprint density at radius 2 is 0.932 bits per heavy atom. The standard InChI is InChI=1S/C56H34N2O/c1-2-14-38(15-3-1)56-57-51(37-27-25-36(26-28-37)42-22-12-23-49-46-21-10-11-24-53(46)59-55(42)49)34-52(58-56)45-31-32-47(44-20-9-8-19-43(44)45)54-41-18-7-5-16-39(41)33-50-40-17-6-4-13-35(40)29-30-48(50)54/h1-34H. The van der Waals surface area contributed by atoms with Gasteiger partial charge in [-0.15, -0.1) is 0 Å². The van der Waals surface area contributed by atoms with Crippen LogP contribution in [0.1, 0.15) is 0 Å². The van der Waals surface area contributed by atoms with Crippen LogP contribution in [-0.2, 0) is 0 Å². The molecule has 3 nitrogen and oxygen atoms in total. The van der Waals surface area contributed by atoms with Gasteiger partial charge >= 0.3 is 0 Å². The first-order chi connectivity index (χ1) is 29.2. The maximum atomic E-state index is 6.39. The van der Waals surface area contributed by atoms with Gasteiger partial charge in [0.1, 0.15) is 11.2 Å². The first-order valence-corrected chi connectivity index (χ1v) is 20.1. The molecule has 12 aromatic rings. The minimum atomic E-state index is 0.689. The molecule has 0 saturated carbocycles. The number of hydrogen-bond donors (Lipinski definition) is 0. The SMILES string of the molecule is c1ccc(-c2nc(-c3ccc(-c4cccc5c4oc4ccccc45)cc3)cc(-c3ccc(-c4c5ccccc5cc5c4ccc4ccccc45)c4ccccc34)n2)cc1. The highest BCUT2D eigenvalue weighted by molar-refractivity contribution is 6.23. The summed E-state index contributed by atoms with van der Waals surface area (Å²) in [4.78, 5) is 10.5. The van der Waals surface area contributed by atoms with E-state index in [1.165, 1.54) is 48.8 Å². The summed E-state index contributed by atoms with van der Waals surface area (Å²) in [6.07, 6.45) is 0. The molecule has 0 fully saturated rings. The number of rotatable bonds is 5. The van der Waals surface area contributed by atoms with Gasteiger partial charge in [-0.25, -0.2) is 9.97 Å². The molecule has 0 unspecified atom stereocenters. The molecule has 0 atom stereocenters. The van der Waals surface area contributed by atoms with Gasteiger partial charge in [0.2, 0.25) is 0 Å². The van der Waals surface area contributed by atoms with Crippen LogP contribution < -0.4 is 0 Å². The smallest absolute Gasteiger partial charge is 0.160 e. The second kappa shape index (κ2) is 13.4. The maximum Gasteiger partial charge on any atom is 0.160 e. The van der Waals surface area contributed by atoms with Gasteiger partial charge in [-0.1, -0.05) is 188 Å². The van der Waals surface area contributed by atoms with Crippen LogP contribution in [0.25, 0.3) is 121 Å². The zero-order chi connectivity index (χ0) is 38.9. The molecule has 274 valence electrons. The number of hydrogen-bond acceptors (Lipinski definition) is 3. The summed E-state index contributed by atoms with van der Waals surface area (Å²) in [7, 11) is 0. The topological polar surface area (TPSA) is 38.9 Å². The van der Waals surface area contributed by atoms with E-state index in [-0.39, 0.29) is 0 Å². The largest absolute Gasteiger partial charge is 0.455 e. The number of para-hydroxylation sites is 2. The van der Waals surface area contributed by atoms with Crippen molar-refractivity contribution in [3.63, 3.8) is 0 Å². The van der Waals surface area contributed by atoms with Crippen LogP contribution in [0.15, 0.2) is 211 Å². The Kier molecular flexibility index (Phi) is 7.54. The van der Waals surface area contributed by atoms with E-state index >= 15 is 0 Å². The van der Waals surface area contributed by atoms with Crippen molar-refractivity contribution in [1.82, 2.24) is 9.97 Å². The molecule has 0 radical (unpaired) electrons. The molecule has 0 aliphatic rings. The van der Waals surface area contributed by atoms with Crippen molar-refractivity contribution in [2.24, 2.45) is 0 Å². The lowest BCUT2D eigenvalue weighted by Gasteiger charge is -2.17. The molecular formula is C56H34N2O. The van der Waals surface area contributed by atoms with Crippen molar-refractivity contribution in [2.75, 3.05) is 0 Å². The number of fused-ring (bicyclic) bond motifs is 8. The first kappa shape index (κ1) is 33.3. The third kappa shape index (κ3) is 5.44. The molecule has 0 N–H and O–H groups in total. The molecule has 0 aliphatic carbocycles. The van der Waals surface area contributed by atoms with Gasteiger partial charge in [0.05, 0.1) is 11.4 Å². The van der Waals surface area contributed by atoms with Crippen LogP contribution in [-0.4, -0.2) is 9.97 Å². The highest BCUT2D eigenvalue weighted by Gasteiger charge is 2.19. The van der Waals surface area contributed by atoms with Gasteiger partial charge in [0.25, 0.3) is 0 Å². The van der Waals surface area contributed by atoms with Crippen LogP contribution >= 0.6 is 0 Å². The van der Waals surface area contributed by atoms with Crippen molar-refractivity contribution in [3.05, 3.63) is 206 Å². The van der Waals surface area contributed by atoms with Crippen molar-refractivity contribution in [1.29, 1.82) is 0 Å². The molecule has 0 spiro atoms. The summed E-state index contributed by atoms with van der Waals surface area (Å²) in [6.45, 7) is 0. The zero-order valence-electron chi connectivity index (χ0n) is 31.9. The van der Waals surface area contributed by atoms with Gasteiger partial charge in [-0.3, -0.25) is 0 Å². The molecule has 12 rings (SSSR count). The average Bonchev–Trinajstić information content (AvgIpc) is 3.70. The summed E-state index contributed by atoms with van der Waals surface area (Å²) in [5.41, 5.74) is 11.2. The third-order valence-electron chi connectivity index (χ3n) is 11.9. The fourth-order valence-corrected chi connectivity index (χ4v) is 9.10. The lowest BCUT2D eigenvalue weighted by molar-refractivity contribution is 0.670. The van der Waals surface area contributed by atoms with E-state index in [0.717, 1.165) is 66.5 Å². The summed E-state index contributed by atoms with van der Waals surface area (Å²) >= 11 is 0. The Bertz CT molecular complexity index is 3600. The Morgan fingerprint density at radius 1 is 0.305 bits per heavy atom. The minimum absolute atomic E-state index is 0.689. The van der Waals surface area contributed by atoms with Crippen molar-refractivity contribution >= 4 is 65.0 Å². The fourth-order valence-electron chi connectivity index (χ4n) is 9.10. The van der Waals surface area contributed by atoms with Crippen LogP contribution in [0, 0.1) is 0 Å². The quantitative estimate of drug-likeness (QED) is 0.130. The first-order valence-electron chi connectivity index (χ1n) is 20.1. The minimum Gasteiger partial charge on any atom is -0.455 e. The van der Waals surface area contributed by atoms with E-state index in [9.17, 15) is 0 Å². The molecular weight excluding hydrogens is 717 g/mol. The average molecular weight is 751 g/mol. The lowest BCUT2D eigenvalue weighted by Crippen LogP contribution is -1.97. The van der Waals surface area contributed by atoms with Crippen LogP contribution in [0.5, 0.6) is 0 Å². The molecule has 3 heteroatoms. The number of nitrogens with zero attached hydrogens (tertiary/aromatic N) is 2. The van der Waals surface area contributed by atoms with Gasteiger partial charge in [0, 0.05) is 33.0 Å². The third-order valence-corrected chi connectivity index (χ3v) is 11.9. The summed E-state index contributed by atoms with van der Waals surface area (Å²) in [5, 5.41) is 12.1. The molecule has 0 amide bonds. The molecule has 59 heavy (non-hydrogen) atoms. The lowest BCUT2D eigenvalue weighted by atomic mass is 9.86. The molecule has 0 aliphatic heterocycles. The van der Waals surface area contributed by atoms with E-state index in [4.69, 9.17) is 14.4 Å². The normalized spacial score (nSPS) is 11.7. The molecule has 2 aromatic heterocycles. The highest BCUT2D eigenvalue weighted by Crippen LogP contribution is 2.44. The highest BCUT2D eigenvalue weighted by atomic mass is 16.3. The molecule has 10 aromatic carbocycles. The Balaban J connectivity index is 1.03. The second-order valence-electron chi connectivity index (χ2n) is 15.2. The second-order valence-corrected chi connectivity index (χ2v) is 15.2.